The van der Waals surface area contributed by atoms with Crippen molar-refractivity contribution in [1.29, 1.82) is 0 Å². The van der Waals surface area contributed by atoms with E-state index in [0.717, 1.165) is 18.9 Å². The standard InChI is InChI=1S/C22H45NO/c1-7-8-16-22(6,20(4)5)17-14-12-10-9-11-13-15-18-23-21(24)19(2)3/h19-20H,7-18H2,1-6H3,(H,23,24). The van der Waals surface area contributed by atoms with Crippen molar-refractivity contribution in [3.63, 3.8) is 0 Å². The third kappa shape index (κ3) is 11.1. The number of hydrogen-bond donors (Lipinski definition) is 1. The van der Waals surface area contributed by atoms with Crippen LogP contribution in [0.1, 0.15) is 112 Å². The minimum Gasteiger partial charge on any atom is -0.356 e. The normalized spacial score (nSPS) is 14.2. The molecule has 0 aromatic carbocycles. The zero-order valence-corrected chi connectivity index (χ0v) is 17.5. The van der Waals surface area contributed by atoms with Gasteiger partial charge in [-0.15, -0.1) is 0 Å². The van der Waals surface area contributed by atoms with Gasteiger partial charge in [-0.1, -0.05) is 92.9 Å². The van der Waals surface area contributed by atoms with E-state index in [1.165, 1.54) is 64.2 Å². The van der Waals surface area contributed by atoms with Crippen molar-refractivity contribution in [3.8, 4) is 0 Å². The zero-order chi connectivity index (χ0) is 18.4. The van der Waals surface area contributed by atoms with E-state index in [1.54, 1.807) is 0 Å². The second kappa shape index (κ2) is 13.7. The summed E-state index contributed by atoms with van der Waals surface area (Å²) >= 11 is 0. The maximum Gasteiger partial charge on any atom is 0.222 e. The predicted molar refractivity (Wildman–Crippen MR) is 107 cm³/mol. The molecule has 1 atom stereocenters. The van der Waals surface area contributed by atoms with Crippen molar-refractivity contribution in [2.24, 2.45) is 17.3 Å². The van der Waals surface area contributed by atoms with Crippen LogP contribution in [0, 0.1) is 17.3 Å². The Kier molecular flexibility index (Phi) is 13.4. The maximum absolute atomic E-state index is 11.4. The van der Waals surface area contributed by atoms with Crippen LogP contribution in [0.25, 0.3) is 0 Å². The van der Waals surface area contributed by atoms with Crippen LogP contribution < -0.4 is 5.32 Å². The summed E-state index contributed by atoms with van der Waals surface area (Å²) in [6.45, 7) is 14.3. The number of carbonyl (C=O) groups is 1. The predicted octanol–water partition coefficient (Wildman–Crippen LogP) is 6.73. The molecule has 0 aliphatic rings. The number of carbonyl (C=O) groups excluding carboxylic acids is 1. The smallest absolute Gasteiger partial charge is 0.222 e. The molecule has 0 aromatic heterocycles. The van der Waals surface area contributed by atoms with E-state index >= 15 is 0 Å². The summed E-state index contributed by atoms with van der Waals surface area (Å²) in [5.74, 6) is 1.09. The third-order valence-corrected chi connectivity index (χ3v) is 5.74. The lowest BCUT2D eigenvalue weighted by molar-refractivity contribution is -0.123. The molecular formula is C22H45NO. The van der Waals surface area contributed by atoms with E-state index in [4.69, 9.17) is 0 Å². The lowest BCUT2D eigenvalue weighted by atomic mass is 9.71. The van der Waals surface area contributed by atoms with Gasteiger partial charge < -0.3 is 5.32 Å². The van der Waals surface area contributed by atoms with E-state index in [-0.39, 0.29) is 11.8 Å². The number of nitrogens with one attached hydrogen (secondary N) is 1. The number of rotatable bonds is 15. The molecular weight excluding hydrogens is 294 g/mol. The molecule has 24 heavy (non-hydrogen) atoms. The fourth-order valence-corrected chi connectivity index (χ4v) is 3.24. The van der Waals surface area contributed by atoms with Gasteiger partial charge in [-0.2, -0.15) is 0 Å². The molecule has 0 rings (SSSR count). The van der Waals surface area contributed by atoms with E-state index in [9.17, 15) is 4.79 Å². The molecule has 0 saturated heterocycles. The average Bonchev–Trinajstić information content (AvgIpc) is 2.54. The molecule has 0 spiro atoms. The highest BCUT2D eigenvalue weighted by Gasteiger charge is 2.26. The minimum absolute atomic E-state index is 0.110. The van der Waals surface area contributed by atoms with Gasteiger partial charge in [0, 0.05) is 12.5 Å². The number of unbranched alkanes of at least 4 members (excludes halogenated alkanes) is 7. The van der Waals surface area contributed by atoms with Gasteiger partial charge in [0.25, 0.3) is 0 Å². The van der Waals surface area contributed by atoms with Crippen LogP contribution in [0.2, 0.25) is 0 Å². The molecule has 2 heteroatoms. The molecule has 0 heterocycles. The lowest BCUT2D eigenvalue weighted by Crippen LogP contribution is -2.28. The molecule has 0 radical (unpaired) electrons. The molecule has 0 aromatic rings. The second-order valence-electron chi connectivity index (χ2n) is 8.58. The molecule has 0 aliphatic heterocycles. The van der Waals surface area contributed by atoms with Crippen LogP contribution in [0.4, 0.5) is 0 Å². The average molecular weight is 340 g/mol. The zero-order valence-electron chi connectivity index (χ0n) is 17.5. The van der Waals surface area contributed by atoms with Crippen LogP contribution in [0.5, 0.6) is 0 Å². The quantitative estimate of drug-likeness (QED) is 0.329. The molecule has 0 bridgehead atoms. The highest BCUT2D eigenvalue weighted by molar-refractivity contribution is 5.77. The van der Waals surface area contributed by atoms with Crippen LogP contribution in [-0.2, 0) is 4.79 Å². The fourth-order valence-electron chi connectivity index (χ4n) is 3.24. The molecule has 0 aliphatic carbocycles. The first kappa shape index (κ1) is 23.5. The van der Waals surface area contributed by atoms with Gasteiger partial charge in [0.15, 0.2) is 0 Å². The third-order valence-electron chi connectivity index (χ3n) is 5.74. The van der Waals surface area contributed by atoms with Gasteiger partial charge >= 0.3 is 0 Å². The summed E-state index contributed by atoms with van der Waals surface area (Å²) in [6.07, 6.45) is 14.7. The number of amides is 1. The van der Waals surface area contributed by atoms with Crippen molar-refractivity contribution >= 4 is 5.91 Å². The molecule has 2 nitrogen and oxygen atoms in total. The first-order valence-electron chi connectivity index (χ1n) is 10.6. The first-order chi connectivity index (χ1) is 11.3. The topological polar surface area (TPSA) is 29.1 Å². The van der Waals surface area contributed by atoms with Gasteiger partial charge in [-0.3, -0.25) is 4.79 Å². The van der Waals surface area contributed by atoms with Crippen LogP contribution >= 0.6 is 0 Å². The van der Waals surface area contributed by atoms with Crippen LogP contribution in [0.15, 0.2) is 0 Å². The molecule has 1 N–H and O–H groups in total. The van der Waals surface area contributed by atoms with Crippen molar-refractivity contribution < 1.29 is 4.79 Å². The van der Waals surface area contributed by atoms with Gasteiger partial charge in [0.2, 0.25) is 5.91 Å². The molecule has 1 unspecified atom stereocenters. The summed E-state index contributed by atoms with van der Waals surface area (Å²) in [4.78, 5) is 11.4. The summed E-state index contributed by atoms with van der Waals surface area (Å²) < 4.78 is 0. The van der Waals surface area contributed by atoms with E-state index in [1.807, 2.05) is 13.8 Å². The monoisotopic (exact) mass is 339 g/mol. The van der Waals surface area contributed by atoms with E-state index < -0.39 is 0 Å². The Morgan fingerprint density at radius 3 is 1.83 bits per heavy atom. The van der Waals surface area contributed by atoms with E-state index in [0.29, 0.717) is 5.41 Å². The fraction of sp³-hybridized carbons (Fsp3) is 0.955. The van der Waals surface area contributed by atoms with Crippen molar-refractivity contribution in [3.05, 3.63) is 0 Å². The first-order valence-corrected chi connectivity index (χ1v) is 10.6. The van der Waals surface area contributed by atoms with E-state index in [2.05, 4.69) is 33.0 Å². The summed E-state index contributed by atoms with van der Waals surface area (Å²) in [7, 11) is 0. The molecule has 0 fully saturated rings. The van der Waals surface area contributed by atoms with Crippen LogP contribution in [0.3, 0.4) is 0 Å². The van der Waals surface area contributed by atoms with Gasteiger partial charge in [0.05, 0.1) is 0 Å². The second-order valence-corrected chi connectivity index (χ2v) is 8.58. The highest BCUT2D eigenvalue weighted by atomic mass is 16.1. The SMILES string of the molecule is CCCCC(C)(CCCCCCCCCNC(=O)C(C)C)C(C)C. The van der Waals surface area contributed by atoms with Crippen molar-refractivity contribution in [2.45, 2.75) is 112 Å². The van der Waals surface area contributed by atoms with Gasteiger partial charge in [-0.25, -0.2) is 0 Å². The van der Waals surface area contributed by atoms with Gasteiger partial charge in [0.1, 0.15) is 0 Å². The molecule has 1 amide bonds. The maximum atomic E-state index is 11.4. The van der Waals surface area contributed by atoms with Gasteiger partial charge in [-0.05, 0) is 30.6 Å². The van der Waals surface area contributed by atoms with Crippen molar-refractivity contribution in [1.82, 2.24) is 5.32 Å². The molecule has 0 saturated carbocycles. The summed E-state index contributed by atoms with van der Waals surface area (Å²) in [5.41, 5.74) is 0.546. The lowest BCUT2D eigenvalue weighted by Gasteiger charge is -2.34. The number of hydrogen-bond acceptors (Lipinski definition) is 1. The van der Waals surface area contributed by atoms with Crippen LogP contribution in [-0.4, -0.2) is 12.5 Å². The Morgan fingerprint density at radius 2 is 1.33 bits per heavy atom. The Morgan fingerprint density at radius 1 is 0.833 bits per heavy atom. The summed E-state index contributed by atoms with van der Waals surface area (Å²) in [6, 6.07) is 0. The Bertz CT molecular complexity index is 311. The van der Waals surface area contributed by atoms with Crippen molar-refractivity contribution in [2.75, 3.05) is 6.54 Å². The summed E-state index contributed by atoms with van der Waals surface area (Å²) in [5, 5.41) is 3.00. The Hall–Kier alpha value is -0.530. The largest absolute Gasteiger partial charge is 0.356 e. The Labute approximate surface area is 152 Å². The molecule has 144 valence electrons. The Balaban J connectivity index is 3.57. The minimum atomic E-state index is 0.110. The highest BCUT2D eigenvalue weighted by Crippen LogP contribution is 2.38.